The van der Waals surface area contributed by atoms with Crippen LogP contribution in [0, 0.1) is 5.92 Å². The van der Waals surface area contributed by atoms with Crippen molar-refractivity contribution in [1.29, 1.82) is 0 Å². The first-order valence-electron chi connectivity index (χ1n) is 7.28. The minimum Gasteiger partial charge on any atom is -0.385 e. The molecule has 0 radical (unpaired) electrons. The van der Waals surface area contributed by atoms with Gasteiger partial charge in [-0.25, -0.2) is 0 Å². The molecule has 22 heavy (non-hydrogen) atoms. The van der Waals surface area contributed by atoms with Crippen molar-refractivity contribution in [3.05, 3.63) is 35.4 Å². The second-order valence-electron chi connectivity index (χ2n) is 6.20. The normalized spacial score (nSPS) is 25.9. The third kappa shape index (κ3) is 4.15. The van der Waals surface area contributed by atoms with Gasteiger partial charge >= 0.3 is 6.18 Å². The zero-order valence-corrected chi connectivity index (χ0v) is 13.7. The minimum atomic E-state index is -4.34. The maximum atomic E-state index is 12.6. The Bertz CT molecular complexity index is 475. The maximum Gasteiger partial charge on any atom is 0.416 e. The monoisotopic (exact) mass is 337 g/mol. The summed E-state index contributed by atoms with van der Waals surface area (Å²) < 4.78 is 37.9. The summed E-state index contributed by atoms with van der Waals surface area (Å²) in [6, 6.07) is 4.98. The van der Waals surface area contributed by atoms with Crippen LogP contribution in [0.1, 0.15) is 36.8 Å². The molecule has 2 atom stereocenters. The molecular formula is C16H23ClF3NO. The molecule has 1 aromatic rings. The van der Waals surface area contributed by atoms with Gasteiger partial charge in [0.1, 0.15) is 0 Å². The highest BCUT2D eigenvalue weighted by atomic mass is 35.5. The van der Waals surface area contributed by atoms with Gasteiger partial charge in [0.25, 0.3) is 0 Å². The highest BCUT2D eigenvalue weighted by molar-refractivity contribution is 5.85. The number of hydrogen-bond donors (Lipinski definition) is 1. The highest BCUT2D eigenvalue weighted by Crippen LogP contribution is 2.42. The summed E-state index contributed by atoms with van der Waals surface area (Å²) >= 11 is 0. The Hall–Kier alpha value is -0.780. The molecule has 0 amide bonds. The Labute approximate surface area is 135 Å². The molecule has 2 unspecified atom stereocenters. The van der Waals surface area contributed by atoms with Gasteiger partial charge in [-0.15, -0.1) is 12.4 Å². The van der Waals surface area contributed by atoms with Crippen LogP contribution in [0.3, 0.4) is 0 Å². The SMILES string of the molecule is CN(C)CC1CCCCC1(O)c1ccc(C(F)(F)F)cc1.Cl. The lowest BCUT2D eigenvalue weighted by Crippen LogP contribution is -2.43. The Morgan fingerprint density at radius 2 is 1.77 bits per heavy atom. The summed E-state index contributed by atoms with van der Waals surface area (Å²) in [5.41, 5.74) is -1.09. The molecule has 1 fully saturated rings. The van der Waals surface area contributed by atoms with Crippen LogP contribution in [0.5, 0.6) is 0 Å². The van der Waals surface area contributed by atoms with Gasteiger partial charge in [0, 0.05) is 12.5 Å². The lowest BCUT2D eigenvalue weighted by molar-refractivity contribution is -0.137. The van der Waals surface area contributed by atoms with Gasteiger partial charge in [-0.2, -0.15) is 13.2 Å². The second-order valence-corrected chi connectivity index (χ2v) is 6.20. The number of benzene rings is 1. The van der Waals surface area contributed by atoms with E-state index in [9.17, 15) is 18.3 Å². The number of hydrogen-bond acceptors (Lipinski definition) is 2. The molecule has 0 saturated heterocycles. The quantitative estimate of drug-likeness (QED) is 0.899. The molecule has 0 aliphatic heterocycles. The molecule has 2 rings (SSSR count). The Kier molecular flexibility index (Phi) is 6.30. The molecule has 0 aromatic heterocycles. The van der Waals surface area contributed by atoms with Crippen LogP contribution in [0.25, 0.3) is 0 Å². The average molecular weight is 338 g/mol. The Balaban J connectivity index is 0.00000242. The maximum absolute atomic E-state index is 12.6. The lowest BCUT2D eigenvalue weighted by Gasteiger charge is -2.41. The van der Waals surface area contributed by atoms with Crippen LogP contribution >= 0.6 is 12.4 Å². The van der Waals surface area contributed by atoms with Crippen LogP contribution in [-0.4, -0.2) is 30.6 Å². The van der Waals surface area contributed by atoms with Gasteiger partial charge in [0.15, 0.2) is 0 Å². The first-order valence-corrected chi connectivity index (χ1v) is 7.28. The molecule has 6 heteroatoms. The van der Waals surface area contributed by atoms with Crippen LogP contribution in [-0.2, 0) is 11.8 Å². The van der Waals surface area contributed by atoms with E-state index in [1.807, 2.05) is 19.0 Å². The molecule has 0 bridgehead atoms. The molecule has 126 valence electrons. The summed E-state index contributed by atoms with van der Waals surface area (Å²) in [4.78, 5) is 2.02. The molecule has 1 N–H and O–H groups in total. The molecule has 1 aliphatic carbocycles. The van der Waals surface area contributed by atoms with Gasteiger partial charge in [-0.3, -0.25) is 0 Å². The number of halogens is 4. The molecule has 0 heterocycles. The molecule has 1 saturated carbocycles. The van der Waals surface area contributed by atoms with E-state index in [1.54, 1.807) is 0 Å². The summed E-state index contributed by atoms with van der Waals surface area (Å²) in [6.07, 6.45) is -0.869. The average Bonchev–Trinajstić information content (AvgIpc) is 2.40. The first-order chi connectivity index (χ1) is 9.73. The largest absolute Gasteiger partial charge is 0.416 e. The van der Waals surface area contributed by atoms with Gasteiger partial charge in [-0.1, -0.05) is 25.0 Å². The van der Waals surface area contributed by atoms with Crippen molar-refractivity contribution < 1.29 is 18.3 Å². The summed E-state index contributed by atoms with van der Waals surface area (Å²) in [6.45, 7) is 0.734. The van der Waals surface area contributed by atoms with Gasteiger partial charge in [0.2, 0.25) is 0 Å². The number of rotatable bonds is 3. The van der Waals surface area contributed by atoms with E-state index in [0.29, 0.717) is 12.0 Å². The Morgan fingerprint density at radius 1 is 1.18 bits per heavy atom. The predicted octanol–water partition coefficient (Wildman–Crippen LogP) is 4.07. The van der Waals surface area contributed by atoms with Crippen LogP contribution in [0.15, 0.2) is 24.3 Å². The standard InChI is InChI=1S/C16H22F3NO.ClH/c1-20(2)11-14-5-3-4-10-15(14,21)12-6-8-13(9-7-12)16(17,18)19;/h6-9,14,21H,3-5,10-11H2,1-2H3;1H. The van der Waals surface area contributed by atoms with Gasteiger partial charge in [-0.05, 0) is 44.6 Å². The lowest BCUT2D eigenvalue weighted by atomic mass is 9.71. The van der Waals surface area contributed by atoms with Gasteiger partial charge in [0.05, 0.1) is 11.2 Å². The molecule has 0 spiro atoms. The molecule has 1 aromatic carbocycles. The second kappa shape index (κ2) is 7.20. The fourth-order valence-corrected chi connectivity index (χ4v) is 3.24. The van der Waals surface area contributed by atoms with Crippen molar-refractivity contribution in [3.63, 3.8) is 0 Å². The fourth-order valence-electron chi connectivity index (χ4n) is 3.24. The van der Waals surface area contributed by atoms with Crippen molar-refractivity contribution in [2.45, 2.75) is 37.5 Å². The topological polar surface area (TPSA) is 23.5 Å². The number of aliphatic hydroxyl groups is 1. The zero-order chi connectivity index (χ0) is 15.7. The summed E-state index contributed by atoms with van der Waals surface area (Å²) in [5, 5.41) is 11.0. The van der Waals surface area contributed by atoms with E-state index in [4.69, 9.17) is 0 Å². The number of alkyl halides is 3. The van der Waals surface area contributed by atoms with Gasteiger partial charge < -0.3 is 10.0 Å². The van der Waals surface area contributed by atoms with E-state index in [0.717, 1.165) is 37.9 Å². The third-order valence-corrected chi connectivity index (χ3v) is 4.33. The molecule has 2 nitrogen and oxygen atoms in total. The van der Waals surface area contributed by atoms with E-state index in [1.165, 1.54) is 12.1 Å². The van der Waals surface area contributed by atoms with Crippen molar-refractivity contribution in [3.8, 4) is 0 Å². The van der Waals surface area contributed by atoms with Crippen LogP contribution in [0.4, 0.5) is 13.2 Å². The van der Waals surface area contributed by atoms with Crippen LogP contribution < -0.4 is 0 Å². The zero-order valence-electron chi connectivity index (χ0n) is 12.9. The van der Waals surface area contributed by atoms with E-state index in [-0.39, 0.29) is 18.3 Å². The minimum absolute atomic E-state index is 0. The highest BCUT2D eigenvalue weighted by Gasteiger charge is 2.41. The first kappa shape index (κ1) is 19.3. The fraction of sp³-hybridized carbons (Fsp3) is 0.625. The van der Waals surface area contributed by atoms with Crippen molar-refractivity contribution in [1.82, 2.24) is 4.90 Å². The Morgan fingerprint density at radius 3 is 2.27 bits per heavy atom. The van der Waals surface area contributed by atoms with E-state index < -0.39 is 17.3 Å². The summed E-state index contributed by atoms with van der Waals surface area (Å²) in [7, 11) is 3.89. The molecular weight excluding hydrogens is 315 g/mol. The van der Waals surface area contributed by atoms with Crippen molar-refractivity contribution >= 4 is 12.4 Å². The number of nitrogens with zero attached hydrogens (tertiary/aromatic N) is 1. The van der Waals surface area contributed by atoms with Crippen LogP contribution in [0.2, 0.25) is 0 Å². The predicted molar refractivity (Wildman–Crippen MR) is 83.1 cm³/mol. The van der Waals surface area contributed by atoms with E-state index >= 15 is 0 Å². The van der Waals surface area contributed by atoms with Crippen molar-refractivity contribution in [2.24, 2.45) is 5.92 Å². The summed E-state index contributed by atoms with van der Waals surface area (Å²) in [5.74, 6) is 0.0537. The molecule has 1 aliphatic rings. The third-order valence-electron chi connectivity index (χ3n) is 4.33. The van der Waals surface area contributed by atoms with Crippen molar-refractivity contribution in [2.75, 3.05) is 20.6 Å². The van der Waals surface area contributed by atoms with E-state index in [2.05, 4.69) is 0 Å². The smallest absolute Gasteiger partial charge is 0.385 e.